The van der Waals surface area contributed by atoms with E-state index in [1.54, 1.807) is 5.57 Å². The minimum atomic E-state index is 0.0667. The molecule has 1 spiro atoms. The summed E-state index contributed by atoms with van der Waals surface area (Å²) < 4.78 is 11.7. The standard InChI is InChI=1S/C17H30N2O2/c18-19-16(12-14-4-2-1-3-5-14)15-6-9-21-17(13-15)7-10-20-11-8-17/h4,15-16,19H,1-3,5-13,18H2. The van der Waals surface area contributed by atoms with E-state index in [-0.39, 0.29) is 5.60 Å². The topological polar surface area (TPSA) is 56.5 Å². The molecule has 1 aliphatic carbocycles. The van der Waals surface area contributed by atoms with Gasteiger partial charge in [0.2, 0.25) is 0 Å². The first-order valence-electron chi connectivity index (χ1n) is 8.67. The zero-order valence-electron chi connectivity index (χ0n) is 13.1. The number of hydrazine groups is 1. The Kier molecular flexibility index (Phi) is 5.33. The lowest BCUT2D eigenvalue weighted by atomic mass is 9.76. The maximum absolute atomic E-state index is 6.16. The predicted molar refractivity (Wildman–Crippen MR) is 83.7 cm³/mol. The Morgan fingerprint density at radius 1 is 1.29 bits per heavy atom. The van der Waals surface area contributed by atoms with Crippen LogP contribution in [0.2, 0.25) is 0 Å². The summed E-state index contributed by atoms with van der Waals surface area (Å²) in [4.78, 5) is 0. The lowest BCUT2D eigenvalue weighted by Gasteiger charge is -2.45. The zero-order chi connectivity index (χ0) is 14.5. The molecule has 3 rings (SSSR count). The first-order chi connectivity index (χ1) is 10.3. The largest absolute Gasteiger partial charge is 0.381 e. The van der Waals surface area contributed by atoms with Crippen LogP contribution in [0.3, 0.4) is 0 Å². The van der Waals surface area contributed by atoms with Gasteiger partial charge in [0.05, 0.1) is 5.60 Å². The number of nitrogens with two attached hydrogens (primary N) is 1. The molecule has 0 bridgehead atoms. The summed E-state index contributed by atoms with van der Waals surface area (Å²) in [5, 5.41) is 0. The van der Waals surface area contributed by atoms with E-state index in [0.29, 0.717) is 12.0 Å². The fourth-order valence-corrected chi connectivity index (χ4v) is 4.24. The Labute approximate surface area is 128 Å². The van der Waals surface area contributed by atoms with Gasteiger partial charge in [-0.25, -0.2) is 0 Å². The Morgan fingerprint density at radius 2 is 2.14 bits per heavy atom. The highest BCUT2D eigenvalue weighted by atomic mass is 16.5. The molecule has 120 valence electrons. The molecule has 0 aromatic carbocycles. The summed E-state index contributed by atoms with van der Waals surface area (Å²) in [7, 11) is 0. The minimum absolute atomic E-state index is 0.0667. The Balaban J connectivity index is 1.61. The highest BCUT2D eigenvalue weighted by Gasteiger charge is 2.41. The second kappa shape index (κ2) is 7.23. The summed E-state index contributed by atoms with van der Waals surface area (Å²) in [5.41, 5.74) is 4.79. The van der Waals surface area contributed by atoms with Crippen molar-refractivity contribution in [2.45, 2.75) is 69.4 Å². The quantitative estimate of drug-likeness (QED) is 0.475. The summed E-state index contributed by atoms with van der Waals surface area (Å²) >= 11 is 0. The summed E-state index contributed by atoms with van der Waals surface area (Å²) in [5.74, 6) is 6.53. The van der Waals surface area contributed by atoms with Crippen molar-refractivity contribution in [1.29, 1.82) is 0 Å². The molecule has 3 aliphatic rings. The molecule has 21 heavy (non-hydrogen) atoms. The molecule has 0 amide bonds. The van der Waals surface area contributed by atoms with Crippen molar-refractivity contribution in [2.24, 2.45) is 11.8 Å². The number of hydrogen-bond donors (Lipinski definition) is 2. The van der Waals surface area contributed by atoms with Gasteiger partial charge >= 0.3 is 0 Å². The summed E-state index contributed by atoms with van der Waals surface area (Å²) in [6, 6.07) is 0.401. The van der Waals surface area contributed by atoms with E-state index in [4.69, 9.17) is 15.3 Å². The Morgan fingerprint density at radius 3 is 2.86 bits per heavy atom. The fourth-order valence-electron chi connectivity index (χ4n) is 4.24. The first-order valence-corrected chi connectivity index (χ1v) is 8.67. The molecule has 2 saturated heterocycles. The second-order valence-electron chi connectivity index (χ2n) is 6.98. The summed E-state index contributed by atoms with van der Waals surface area (Å²) in [6.45, 7) is 2.57. The lowest BCUT2D eigenvalue weighted by Crippen LogP contribution is -2.50. The van der Waals surface area contributed by atoms with Crippen molar-refractivity contribution >= 4 is 0 Å². The van der Waals surface area contributed by atoms with Crippen LogP contribution in [0.15, 0.2) is 11.6 Å². The third kappa shape index (κ3) is 3.86. The van der Waals surface area contributed by atoms with E-state index in [2.05, 4.69) is 11.5 Å². The van der Waals surface area contributed by atoms with E-state index >= 15 is 0 Å². The molecular weight excluding hydrogens is 264 g/mol. The molecule has 4 nitrogen and oxygen atoms in total. The average molecular weight is 294 g/mol. The monoisotopic (exact) mass is 294 g/mol. The number of allylic oxidation sites excluding steroid dienone is 1. The third-order valence-corrected chi connectivity index (χ3v) is 5.59. The van der Waals surface area contributed by atoms with Crippen LogP contribution in [-0.4, -0.2) is 31.5 Å². The molecule has 2 atom stereocenters. The molecular formula is C17H30N2O2. The van der Waals surface area contributed by atoms with Gasteiger partial charge in [-0.15, -0.1) is 0 Å². The van der Waals surface area contributed by atoms with Crippen LogP contribution in [-0.2, 0) is 9.47 Å². The SMILES string of the molecule is NNC(CC1=CCCCC1)C1CCOC2(CCOCC2)C1. The smallest absolute Gasteiger partial charge is 0.0729 e. The highest BCUT2D eigenvalue weighted by molar-refractivity contribution is 5.08. The predicted octanol–water partition coefficient (Wildman–Crippen LogP) is 2.68. The van der Waals surface area contributed by atoms with E-state index < -0.39 is 0 Å². The molecule has 2 fully saturated rings. The van der Waals surface area contributed by atoms with Crippen molar-refractivity contribution in [1.82, 2.24) is 5.43 Å². The normalized spacial score (nSPS) is 30.9. The van der Waals surface area contributed by atoms with Gasteiger partial charge in [-0.2, -0.15) is 0 Å². The van der Waals surface area contributed by atoms with Crippen molar-refractivity contribution in [3.63, 3.8) is 0 Å². The number of hydrogen-bond acceptors (Lipinski definition) is 4. The Bertz CT molecular complexity index is 358. The minimum Gasteiger partial charge on any atom is -0.381 e. The maximum Gasteiger partial charge on any atom is 0.0729 e. The molecule has 2 unspecified atom stereocenters. The molecule has 4 heteroatoms. The zero-order valence-corrected chi connectivity index (χ0v) is 13.1. The number of nitrogens with one attached hydrogen (secondary N) is 1. The van der Waals surface area contributed by atoms with Crippen LogP contribution < -0.4 is 11.3 Å². The molecule has 3 N–H and O–H groups in total. The van der Waals surface area contributed by atoms with Gasteiger partial charge < -0.3 is 9.47 Å². The van der Waals surface area contributed by atoms with Gasteiger partial charge in [-0.05, 0) is 63.7 Å². The molecule has 0 aromatic heterocycles. The van der Waals surface area contributed by atoms with Crippen LogP contribution in [0.25, 0.3) is 0 Å². The molecule has 0 radical (unpaired) electrons. The van der Waals surface area contributed by atoms with Gasteiger partial charge in [0.25, 0.3) is 0 Å². The molecule has 2 heterocycles. The maximum atomic E-state index is 6.16. The third-order valence-electron chi connectivity index (χ3n) is 5.59. The fraction of sp³-hybridized carbons (Fsp3) is 0.882. The van der Waals surface area contributed by atoms with Crippen molar-refractivity contribution in [3.8, 4) is 0 Å². The van der Waals surface area contributed by atoms with E-state index in [1.807, 2.05) is 0 Å². The van der Waals surface area contributed by atoms with E-state index in [0.717, 1.165) is 51.9 Å². The van der Waals surface area contributed by atoms with Gasteiger partial charge in [0.15, 0.2) is 0 Å². The Hall–Kier alpha value is -0.420. The van der Waals surface area contributed by atoms with Gasteiger partial charge in [0.1, 0.15) is 0 Å². The van der Waals surface area contributed by atoms with Gasteiger partial charge in [-0.3, -0.25) is 11.3 Å². The molecule has 0 saturated carbocycles. The molecule has 2 aliphatic heterocycles. The van der Waals surface area contributed by atoms with Crippen molar-refractivity contribution in [3.05, 3.63) is 11.6 Å². The highest BCUT2D eigenvalue weighted by Crippen LogP contribution is 2.39. The number of rotatable bonds is 4. The second-order valence-corrected chi connectivity index (χ2v) is 6.98. The van der Waals surface area contributed by atoms with E-state index in [1.165, 1.54) is 25.7 Å². The van der Waals surface area contributed by atoms with Crippen LogP contribution in [0, 0.1) is 5.92 Å². The van der Waals surface area contributed by atoms with Crippen LogP contribution >= 0.6 is 0 Å². The van der Waals surface area contributed by atoms with Crippen molar-refractivity contribution < 1.29 is 9.47 Å². The van der Waals surface area contributed by atoms with Crippen LogP contribution in [0.5, 0.6) is 0 Å². The van der Waals surface area contributed by atoms with E-state index in [9.17, 15) is 0 Å². The first kappa shape index (κ1) is 15.5. The van der Waals surface area contributed by atoms with Crippen molar-refractivity contribution in [2.75, 3.05) is 19.8 Å². The van der Waals surface area contributed by atoms with Crippen LogP contribution in [0.1, 0.15) is 57.8 Å². The van der Waals surface area contributed by atoms with Gasteiger partial charge in [-0.1, -0.05) is 11.6 Å². The van der Waals surface area contributed by atoms with Gasteiger partial charge in [0, 0.05) is 25.9 Å². The lowest BCUT2D eigenvalue weighted by molar-refractivity contribution is -0.150. The molecule has 0 aromatic rings. The average Bonchev–Trinajstić information content (AvgIpc) is 2.54. The number of ether oxygens (including phenoxy) is 2. The van der Waals surface area contributed by atoms with Crippen LogP contribution in [0.4, 0.5) is 0 Å². The summed E-state index contributed by atoms with van der Waals surface area (Å²) in [6.07, 6.45) is 13.1.